The zero-order chi connectivity index (χ0) is 23.2. The van der Waals surface area contributed by atoms with E-state index in [-0.39, 0.29) is 64.1 Å². The Bertz CT molecular complexity index is 1030. The lowest BCUT2D eigenvalue weighted by atomic mass is 9.80. The van der Waals surface area contributed by atoms with Crippen LogP contribution in [0.15, 0.2) is 12.4 Å². The van der Waals surface area contributed by atoms with E-state index in [9.17, 15) is 18.0 Å². The van der Waals surface area contributed by atoms with Gasteiger partial charge in [-0.05, 0) is 31.6 Å². The predicted octanol–water partition coefficient (Wildman–Crippen LogP) is 4.79. The molecule has 0 saturated heterocycles. The summed E-state index contributed by atoms with van der Waals surface area (Å²) in [6, 6.07) is 0.513. The van der Waals surface area contributed by atoms with E-state index in [0.29, 0.717) is 42.3 Å². The lowest BCUT2D eigenvalue weighted by Crippen LogP contribution is -2.50. The van der Waals surface area contributed by atoms with Gasteiger partial charge in [0.15, 0.2) is 11.5 Å². The summed E-state index contributed by atoms with van der Waals surface area (Å²) in [5.41, 5.74) is 0.324. The minimum Gasteiger partial charge on any atom is -0.474 e. The largest absolute Gasteiger partial charge is 0.474 e. The number of ether oxygens (including phenoxy) is 1. The number of aryl methyl sites for hydroxylation is 1. The van der Waals surface area contributed by atoms with Gasteiger partial charge in [0.25, 0.3) is 0 Å². The summed E-state index contributed by atoms with van der Waals surface area (Å²) >= 11 is 0. The fourth-order valence-corrected chi connectivity index (χ4v) is 4.29. The molecule has 196 valence electrons. The summed E-state index contributed by atoms with van der Waals surface area (Å²) in [5, 5.41) is 2.93. The third-order valence-electron chi connectivity index (χ3n) is 5.90. The van der Waals surface area contributed by atoms with E-state index in [1.54, 1.807) is 0 Å². The highest BCUT2D eigenvalue weighted by atomic mass is 32.1. The van der Waals surface area contributed by atoms with E-state index in [0.717, 1.165) is 12.4 Å². The Morgan fingerprint density at radius 3 is 2.46 bits per heavy atom. The maximum atomic E-state index is 12.8. The number of nitrogens with zero attached hydrogens (tertiary/aromatic N) is 5. The zero-order valence-electron chi connectivity index (χ0n) is 18.8. The summed E-state index contributed by atoms with van der Waals surface area (Å²) < 4.78 is 44.0. The SMILES string of the molecule is C.C.Cc1nc(CC2CC(Oc3cc(C(F)(F)F)ncn3)C2)nc2c1NC(=O)[C@H](C(C)C)N2C.S. The number of rotatable bonds is 5. The highest BCUT2D eigenvalue weighted by molar-refractivity contribution is 7.59. The van der Waals surface area contributed by atoms with Gasteiger partial charge in [0, 0.05) is 19.5 Å². The molecule has 1 saturated carbocycles. The molecule has 8 nitrogen and oxygen atoms in total. The predicted molar refractivity (Wildman–Crippen MR) is 134 cm³/mol. The van der Waals surface area contributed by atoms with Crippen LogP contribution in [0.1, 0.15) is 58.8 Å². The summed E-state index contributed by atoms with van der Waals surface area (Å²) in [6.07, 6.45) is -1.91. The first kappa shape index (κ1) is 30.4. The number of anilines is 2. The van der Waals surface area contributed by atoms with E-state index < -0.39 is 11.9 Å². The molecule has 3 heterocycles. The van der Waals surface area contributed by atoms with Crippen LogP contribution in [0.3, 0.4) is 0 Å². The fourth-order valence-electron chi connectivity index (χ4n) is 4.29. The number of carbonyl (C=O) groups excluding carboxylic acids is 1. The molecule has 0 aromatic carbocycles. The molecule has 1 atom stereocenters. The molecule has 1 aliphatic carbocycles. The van der Waals surface area contributed by atoms with Gasteiger partial charge in [-0.3, -0.25) is 4.79 Å². The molecule has 2 aliphatic rings. The standard InChI is InChI=1S/C21H25F3N6O2.2CH4.H2S/c1-10(2)18-20(31)29-17-11(3)27-15(28-19(17)30(18)4)7-12-5-13(6-12)32-16-8-14(21(22,23)24)25-9-26-16;;;/h8-10,12-13,18H,5-7H2,1-4H3,(H,29,31);2*1H4;1H2/t12?,13?,18-;;;/m0.../s1. The van der Waals surface area contributed by atoms with Gasteiger partial charge in [-0.2, -0.15) is 26.7 Å². The van der Waals surface area contributed by atoms with Crippen LogP contribution < -0.4 is 15.0 Å². The van der Waals surface area contributed by atoms with Crippen LogP contribution in [-0.2, 0) is 17.4 Å². The Hall–Kier alpha value is -2.63. The van der Waals surface area contributed by atoms with Crippen molar-refractivity contribution in [1.82, 2.24) is 19.9 Å². The monoisotopic (exact) mass is 516 g/mol. The van der Waals surface area contributed by atoms with E-state index in [4.69, 9.17) is 9.72 Å². The van der Waals surface area contributed by atoms with Crippen LogP contribution in [0, 0.1) is 18.8 Å². The van der Waals surface area contributed by atoms with Crippen LogP contribution in [0.25, 0.3) is 0 Å². The Balaban J connectivity index is 0.00000204. The summed E-state index contributed by atoms with van der Waals surface area (Å²) in [6.45, 7) is 5.82. The second-order valence-corrected chi connectivity index (χ2v) is 8.73. The third kappa shape index (κ3) is 6.33. The molecule has 0 unspecified atom stereocenters. The van der Waals surface area contributed by atoms with Gasteiger partial charge < -0.3 is 15.0 Å². The van der Waals surface area contributed by atoms with Crippen molar-refractivity contribution in [3.8, 4) is 5.88 Å². The van der Waals surface area contributed by atoms with Gasteiger partial charge in [0.05, 0.1) is 5.69 Å². The zero-order valence-corrected chi connectivity index (χ0v) is 19.8. The number of fused-ring (bicyclic) bond motifs is 1. The van der Waals surface area contributed by atoms with Crippen molar-refractivity contribution in [2.24, 2.45) is 11.8 Å². The number of alkyl halides is 3. The highest BCUT2D eigenvalue weighted by Crippen LogP contribution is 2.37. The van der Waals surface area contributed by atoms with E-state index in [2.05, 4.69) is 20.3 Å². The first-order chi connectivity index (χ1) is 15.0. The van der Waals surface area contributed by atoms with Crippen LogP contribution in [0.2, 0.25) is 0 Å². The minimum absolute atomic E-state index is 0. The maximum absolute atomic E-state index is 12.8. The number of hydrogen-bond acceptors (Lipinski definition) is 7. The number of carbonyl (C=O) groups is 1. The molecule has 1 aliphatic heterocycles. The molecule has 1 N–H and O–H groups in total. The molecule has 0 radical (unpaired) electrons. The molecule has 0 bridgehead atoms. The molecule has 1 amide bonds. The van der Waals surface area contributed by atoms with Crippen molar-refractivity contribution in [2.75, 3.05) is 17.3 Å². The molecule has 1 fully saturated rings. The van der Waals surface area contributed by atoms with E-state index in [1.165, 1.54) is 0 Å². The van der Waals surface area contributed by atoms with Crippen LogP contribution >= 0.6 is 13.5 Å². The van der Waals surface area contributed by atoms with E-state index >= 15 is 0 Å². The first-order valence-electron chi connectivity index (χ1n) is 10.5. The summed E-state index contributed by atoms with van der Waals surface area (Å²) in [4.78, 5) is 30.6. The highest BCUT2D eigenvalue weighted by Gasteiger charge is 2.37. The molecule has 4 rings (SSSR count). The van der Waals surface area contributed by atoms with Crippen molar-refractivity contribution in [3.63, 3.8) is 0 Å². The summed E-state index contributed by atoms with van der Waals surface area (Å²) in [5.74, 6) is 1.62. The van der Waals surface area contributed by atoms with Crippen molar-refractivity contribution in [3.05, 3.63) is 29.6 Å². The van der Waals surface area contributed by atoms with Crippen molar-refractivity contribution in [1.29, 1.82) is 0 Å². The quantitative estimate of drug-likeness (QED) is 0.611. The molecular formula is C23H35F3N6O2S. The van der Waals surface area contributed by atoms with Gasteiger partial charge >= 0.3 is 6.18 Å². The van der Waals surface area contributed by atoms with Gasteiger partial charge in [-0.15, -0.1) is 0 Å². The molecule has 2 aromatic rings. The number of amides is 1. The number of aromatic nitrogens is 4. The van der Waals surface area contributed by atoms with Gasteiger partial charge in [-0.25, -0.2) is 19.9 Å². The molecular weight excluding hydrogens is 481 g/mol. The van der Waals surface area contributed by atoms with Gasteiger partial charge in [0.2, 0.25) is 11.8 Å². The smallest absolute Gasteiger partial charge is 0.433 e. The topological polar surface area (TPSA) is 93.1 Å². The Morgan fingerprint density at radius 2 is 1.86 bits per heavy atom. The molecule has 0 spiro atoms. The normalized spacial score (nSPS) is 21.0. The van der Waals surface area contributed by atoms with Crippen molar-refractivity contribution < 1.29 is 22.7 Å². The van der Waals surface area contributed by atoms with Gasteiger partial charge in [0.1, 0.15) is 30.0 Å². The number of nitrogens with one attached hydrogen (secondary N) is 1. The second-order valence-electron chi connectivity index (χ2n) is 8.73. The number of halogens is 3. The fraction of sp³-hybridized carbons (Fsp3) is 0.609. The van der Waals surface area contributed by atoms with Crippen molar-refractivity contribution >= 4 is 30.9 Å². The van der Waals surface area contributed by atoms with Crippen LogP contribution in [0.5, 0.6) is 5.88 Å². The Labute approximate surface area is 211 Å². The first-order valence-corrected chi connectivity index (χ1v) is 10.5. The maximum Gasteiger partial charge on any atom is 0.433 e. The van der Waals surface area contributed by atoms with Crippen LogP contribution in [0.4, 0.5) is 24.7 Å². The second kappa shape index (κ2) is 11.4. The molecule has 35 heavy (non-hydrogen) atoms. The summed E-state index contributed by atoms with van der Waals surface area (Å²) in [7, 11) is 1.86. The minimum atomic E-state index is -4.54. The van der Waals surface area contributed by atoms with E-state index in [1.807, 2.05) is 32.7 Å². The Kier molecular flexibility index (Phi) is 9.91. The van der Waals surface area contributed by atoms with Crippen molar-refractivity contribution in [2.45, 2.75) is 73.2 Å². The number of likely N-dealkylation sites (N-methyl/N-ethyl adjacent to an activating group) is 1. The molecule has 12 heteroatoms. The lowest BCUT2D eigenvalue weighted by molar-refractivity contribution is -0.141. The third-order valence-corrected chi connectivity index (χ3v) is 5.90. The average molecular weight is 517 g/mol. The number of hydrogen-bond donors (Lipinski definition) is 1. The lowest BCUT2D eigenvalue weighted by Gasteiger charge is -2.37. The Morgan fingerprint density at radius 1 is 1.20 bits per heavy atom. The van der Waals surface area contributed by atoms with Crippen LogP contribution in [-0.4, -0.2) is 45.0 Å². The average Bonchev–Trinajstić information content (AvgIpc) is 2.66. The molecule has 2 aromatic heterocycles. The van der Waals surface area contributed by atoms with Gasteiger partial charge in [-0.1, -0.05) is 28.7 Å².